The summed E-state index contributed by atoms with van der Waals surface area (Å²) in [6.45, 7) is 6.81. The molecule has 144 valence electrons. The lowest BCUT2D eigenvalue weighted by molar-refractivity contribution is -0.134. The monoisotopic (exact) mass is 370 g/mol. The van der Waals surface area contributed by atoms with Crippen LogP contribution < -0.4 is 10.6 Å². The number of nitrogens with one attached hydrogen (secondary N) is 2. The van der Waals surface area contributed by atoms with E-state index in [1.165, 1.54) is 6.33 Å². The average Bonchev–Trinajstić information content (AvgIpc) is 3.17. The van der Waals surface area contributed by atoms with Crippen molar-refractivity contribution in [2.24, 2.45) is 5.92 Å². The van der Waals surface area contributed by atoms with Crippen molar-refractivity contribution < 1.29 is 9.59 Å². The Kier molecular flexibility index (Phi) is 6.18. The van der Waals surface area contributed by atoms with Crippen LogP contribution in [0.1, 0.15) is 25.8 Å². The van der Waals surface area contributed by atoms with E-state index in [0.29, 0.717) is 19.0 Å². The van der Waals surface area contributed by atoms with Crippen LogP contribution in [0, 0.1) is 5.92 Å². The second kappa shape index (κ2) is 8.77. The maximum Gasteiger partial charge on any atom is 0.237 e. The van der Waals surface area contributed by atoms with Gasteiger partial charge in [-0.05, 0) is 17.5 Å². The van der Waals surface area contributed by atoms with Crippen LogP contribution in [0.3, 0.4) is 0 Å². The number of rotatable bonds is 7. The number of amides is 2. The number of hydrogen-bond acceptors (Lipinski definition) is 5. The SMILES string of the molecule is CC(C)CN1CCNC(=O)C1CC(=O)NCc1ccccc1-n1cncn1. The van der Waals surface area contributed by atoms with E-state index in [9.17, 15) is 9.59 Å². The minimum absolute atomic E-state index is 0.0694. The first-order chi connectivity index (χ1) is 13.0. The third-order valence-electron chi connectivity index (χ3n) is 4.55. The lowest BCUT2D eigenvalue weighted by atomic mass is 10.1. The molecule has 2 aromatic rings. The van der Waals surface area contributed by atoms with Crippen molar-refractivity contribution in [3.8, 4) is 5.69 Å². The Morgan fingerprint density at radius 3 is 2.93 bits per heavy atom. The second-order valence-corrected chi connectivity index (χ2v) is 7.15. The van der Waals surface area contributed by atoms with E-state index < -0.39 is 6.04 Å². The molecule has 27 heavy (non-hydrogen) atoms. The molecule has 1 atom stereocenters. The fourth-order valence-electron chi connectivity index (χ4n) is 3.33. The van der Waals surface area contributed by atoms with Crippen molar-refractivity contribution in [3.63, 3.8) is 0 Å². The van der Waals surface area contributed by atoms with Crippen molar-refractivity contribution in [1.82, 2.24) is 30.3 Å². The van der Waals surface area contributed by atoms with E-state index in [1.807, 2.05) is 24.3 Å². The maximum atomic E-state index is 12.5. The summed E-state index contributed by atoms with van der Waals surface area (Å²) in [5.41, 5.74) is 1.80. The number of carbonyl (C=O) groups excluding carboxylic acids is 2. The van der Waals surface area contributed by atoms with Crippen LogP contribution in [-0.2, 0) is 16.1 Å². The molecule has 8 heteroatoms. The van der Waals surface area contributed by atoms with E-state index in [1.54, 1.807) is 11.0 Å². The van der Waals surface area contributed by atoms with Crippen molar-refractivity contribution >= 4 is 11.8 Å². The van der Waals surface area contributed by atoms with Crippen molar-refractivity contribution in [3.05, 3.63) is 42.5 Å². The van der Waals surface area contributed by atoms with Gasteiger partial charge in [0, 0.05) is 26.2 Å². The van der Waals surface area contributed by atoms with Crippen LogP contribution in [0.4, 0.5) is 0 Å². The van der Waals surface area contributed by atoms with Crippen LogP contribution in [0.2, 0.25) is 0 Å². The molecule has 2 heterocycles. The molecule has 0 saturated carbocycles. The molecule has 0 bridgehead atoms. The predicted octanol–water partition coefficient (Wildman–Crippen LogP) is 0.730. The molecule has 1 unspecified atom stereocenters. The topological polar surface area (TPSA) is 92.2 Å². The minimum Gasteiger partial charge on any atom is -0.353 e. The molecule has 1 saturated heterocycles. The van der Waals surface area contributed by atoms with Gasteiger partial charge < -0.3 is 10.6 Å². The van der Waals surface area contributed by atoms with Gasteiger partial charge >= 0.3 is 0 Å². The van der Waals surface area contributed by atoms with Gasteiger partial charge in [-0.25, -0.2) is 9.67 Å². The van der Waals surface area contributed by atoms with Gasteiger partial charge in [-0.15, -0.1) is 0 Å². The van der Waals surface area contributed by atoms with Gasteiger partial charge in [0.15, 0.2) is 0 Å². The highest BCUT2D eigenvalue weighted by molar-refractivity contribution is 5.88. The molecule has 1 aliphatic rings. The van der Waals surface area contributed by atoms with Crippen molar-refractivity contribution in [2.45, 2.75) is 32.9 Å². The van der Waals surface area contributed by atoms with E-state index in [4.69, 9.17) is 0 Å². The summed E-state index contributed by atoms with van der Waals surface area (Å²) in [4.78, 5) is 30.8. The van der Waals surface area contributed by atoms with Gasteiger partial charge in [0.25, 0.3) is 0 Å². The molecule has 0 aliphatic carbocycles. The summed E-state index contributed by atoms with van der Waals surface area (Å²) in [5.74, 6) is 0.232. The molecule has 0 radical (unpaired) electrons. The van der Waals surface area contributed by atoms with Gasteiger partial charge in [-0.3, -0.25) is 14.5 Å². The smallest absolute Gasteiger partial charge is 0.237 e. The van der Waals surface area contributed by atoms with E-state index in [2.05, 4.69) is 39.5 Å². The van der Waals surface area contributed by atoms with E-state index in [0.717, 1.165) is 24.3 Å². The van der Waals surface area contributed by atoms with Gasteiger partial charge in [-0.1, -0.05) is 32.0 Å². The minimum atomic E-state index is -0.410. The summed E-state index contributed by atoms with van der Waals surface area (Å²) in [6.07, 6.45) is 3.25. The first-order valence-corrected chi connectivity index (χ1v) is 9.26. The number of aromatic nitrogens is 3. The van der Waals surface area contributed by atoms with E-state index >= 15 is 0 Å². The summed E-state index contributed by atoms with van der Waals surface area (Å²) in [5, 5.41) is 9.95. The number of para-hydroxylation sites is 1. The first-order valence-electron chi connectivity index (χ1n) is 9.26. The fraction of sp³-hybridized carbons (Fsp3) is 0.474. The van der Waals surface area contributed by atoms with Crippen molar-refractivity contribution in [1.29, 1.82) is 0 Å². The zero-order valence-corrected chi connectivity index (χ0v) is 15.8. The zero-order valence-electron chi connectivity index (χ0n) is 15.8. The average molecular weight is 370 g/mol. The highest BCUT2D eigenvalue weighted by atomic mass is 16.2. The molecular formula is C19H26N6O2. The highest BCUT2D eigenvalue weighted by Crippen LogP contribution is 2.14. The molecule has 2 N–H and O–H groups in total. The van der Waals surface area contributed by atoms with Gasteiger partial charge in [0.2, 0.25) is 11.8 Å². The Hall–Kier alpha value is -2.74. The Bertz CT molecular complexity index is 774. The van der Waals surface area contributed by atoms with Crippen LogP contribution in [0.25, 0.3) is 5.69 Å². The summed E-state index contributed by atoms with van der Waals surface area (Å²) in [6, 6.07) is 7.29. The number of nitrogens with zero attached hydrogens (tertiary/aromatic N) is 4. The number of benzene rings is 1. The third-order valence-corrected chi connectivity index (χ3v) is 4.55. The Morgan fingerprint density at radius 1 is 1.37 bits per heavy atom. The molecule has 3 rings (SSSR count). The molecule has 0 spiro atoms. The lowest BCUT2D eigenvalue weighted by Gasteiger charge is -2.35. The summed E-state index contributed by atoms with van der Waals surface area (Å²) < 4.78 is 1.67. The normalized spacial score (nSPS) is 17.7. The Labute approximate surface area is 159 Å². The Morgan fingerprint density at radius 2 is 2.19 bits per heavy atom. The van der Waals surface area contributed by atoms with E-state index in [-0.39, 0.29) is 18.2 Å². The standard InChI is InChI=1S/C19H26N6O2/c1-14(2)11-24-8-7-21-19(27)17(24)9-18(26)22-10-15-5-3-4-6-16(15)25-13-20-12-23-25/h3-6,12-14,17H,7-11H2,1-2H3,(H,21,27)(H,22,26). The second-order valence-electron chi connectivity index (χ2n) is 7.15. The van der Waals surface area contributed by atoms with Crippen LogP contribution in [0.5, 0.6) is 0 Å². The largest absolute Gasteiger partial charge is 0.353 e. The summed E-state index contributed by atoms with van der Waals surface area (Å²) >= 11 is 0. The summed E-state index contributed by atoms with van der Waals surface area (Å²) in [7, 11) is 0. The third kappa shape index (κ3) is 4.91. The molecule has 1 aromatic heterocycles. The van der Waals surface area contributed by atoms with Gasteiger partial charge in [-0.2, -0.15) is 5.10 Å². The quantitative estimate of drug-likeness (QED) is 0.750. The molecule has 2 amide bonds. The fourth-order valence-corrected chi connectivity index (χ4v) is 3.33. The number of piperazine rings is 1. The van der Waals surface area contributed by atoms with Crippen LogP contribution >= 0.6 is 0 Å². The molecule has 1 aromatic carbocycles. The van der Waals surface area contributed by atoms with Gasteiger partial charge in [0.05, 0.1) is 18.2 Å². The predicted molar refractivity (Wildman–Crippen MR) is 101 cm³/mol. The molecule has 1 fully saturated rings. The Balaban J connectivity index is 1.62. The van der Waals surface area contributed by atoms with Crippen molar-refractivity contribution in [2.75, 3.05) is 19.6 Å². The molecule has 1 aliphatic heterocycles. The number of carbonyl (C=O) groups is 2. The lowest BCUT2D eigenvalue weighted by Crippen LogP contribution is -2.57. The molecular weight excluding hydrogens is 344 g/mol. The molecule has 8 nitrogen and oxygen atoms in total. The highest BCUT2D eigenvalue weighted by Gasteiger charge is 2.31. The maximum absolute atomic E-state index is 12.5. The van der Waals surface area contributed by atoms with Crippen LogP contribution in [-0.4, -0.2) is 57.2 Å². The first kappa shape index (κ1) is 19.0. The zero-order chi connectivity index (χ0) is 19.2. The van der Waals surface area contributed by atoms with Gasteiger partial charge in [0.1, 0.15) is 12.7 Å². The number of hydrogen-bond donors (Lipinski definition) is 2. The van der Waals surface area contributed by atoms with Crippen LogP contribution in [0.15, 0.2) is 36.9 Å².